The van der Waals surface area contributed by atoms with Gasteiger partial charge in [-0.05, 0) is 43.7 Å². The quantitative estimate of drug-likeness (QED) is 0.895. The maximum absolute atomic E-state index is 12.2. The predicted octanol–water partition coefficient (Wildman–Crippen LogP) is 1.99. The fourth-order valence-electron chi connectivity index (χ4n) is 2.66. The number of likely N-dealkylation sites (tertiary alicyclic amines) is 1. The molecular formula is C16H23NO3. The molecule has 0 aliphatic carbocycles. The highest BCUT2D eigenvalue weighted by Crippen LogP contribution is 2.20. The second-order valence-corrected chi connectivity index (χ2v) is 5.41. The van der Waals surface area contributed by atoms with Crippen LogP contribution in [0.2, 0.25) is 0 Å². The van der Waals surface area contributed by atoms with E-state index in [0.29, 0.717) is 5.92 Å². The van der Waals surface area contributed by atoms with Crippen molar-refractivity contribution in [3.8, 4) is 5.75 Å². The summed E-state index contributed by atoms with van der Waals surface area (Å²) in [5, 5.41) is 9.00. The van der Waals surface area contributed by atoms with Crippen molar-refractivity contribution in [1.29, 1.82) is 0 Å². The average molecular weight is 277 g/mol. The van der Waals surface area contributed by atoms with Gasteiger partial charge in [0.1, 0.15) is 5.75 Å². The molecule has 4 heteroatoms. The monoisotopic (exact) mass is 277 g/mol. The Kier molecular flexibility index (Phi) is 5.41. The minimum atomic E-state index is 0.0379. The number of carbonyl (C=O) groups is 1. The molecule has 1 atom stereocenters. The van der Waals surface area contributed by atoms with Gasteiger partial charge in [-0.3, -0.25) is 4.79 Å². The summed E-state index contributed by atoms with van der Waals surface area (Å²) in [6, 6.07) is 7.71. The summed E-state index contributed by atoms with van der Waals surface area (Å²) < 4.78 is 5.61. The van der Waals surface area contributed by atoms with Crippen molar-refractivity contribution in [1.82, 2.24) is 4.90 Å². The van der Waals surface area contributed by atoms with Gasteiger partial charge >= 0.3 is 0 Å². The van der Waals surface area contributed by atoms with Gasteiger partial charge in [0.25, 0.3) is 5.91 Å². The fourth-order valence-corrected chi connectivity index (χ4v) is 2.66. The van der Waals surface area contributed by atoms with Crippen LogP contribution in [0.5, 0.6) is 5.75 Å². The number of carbonyl (C=O) groups excluding carboxylic acids is 1. The van der Waals surface area contributed by atoms with Gasteiger partial charge in [-0.15, -0.1) is 0 Å². The Balaban J connectivity index is 1.84. The van der Waals surface area contributed by atoms with Crippen molar-refractivity contribution in [3.63, 3.8) is 0 Å². The summed E-state index contributed by atoms with van der Waals surface area (Å²) >= 11 is 0. The lowest BCUT2D eigenvalue weighted by Crippen LogP contribution is -2.42. The average Bonchev–Trinajstić information content (AvgIpc) is 2.47. The molecule has 4 nitrogen and oxygen atoms in total. The lowest BCUT2D eigenvalue weighted by Gasteiger charge is -2.32. The van der Waals surface area contributed by atoms with Crippen molar-refractivity contribution >= 4 is 5.91 Å². The minimum absolute atomic E-state index is 0.0379. The van der Waals surface area contributed by atoms with E-state index in [1.807, 2.05) is 36.1 Å². The number of aryl methyl sites for hydroxylation is 1. The molecule has 1 heterocycles. The lowest BCUT2D eigenvalue weighted by atomic mass is 9.95. The molecule has 0 spiro atoms. The topological polar surface area (TPSA) is 49.8 Å². The minimum Gasteiger partial charge on any atom is -0.484 e. The molecule has 1 aromatic rings. The third kappa shape index (κ3) is 3.97. The standard InChI is InChI=1S/C16H23NO3/c1-13-5-2-3-7-15(13)20-12-16(19)17-9-4-6-14(11-17)8-10-18/h2-3,5,7,14,18H,4,6,8-12H2,1H3. The summed E-state index contributed by atoms with van der Waals surface area (Å²) in [6.07, 6.45) is 2.90. The Morgan fingerprint density at radius 1 is 1.45 bits per heavy atom. The Morgan fingerprint density at radius 3 is 3.00 bits per heavy atom. The highest BCUT2D eigenvalue weighted by molar-refractivity contribution is 5.77. The molecule has 110 valence electrons. The van der Waals surface area contributed by atoms with Gasteiger partial charge < -0.3 is 14.7 Å². The predicted molar refractivity (Wildman–Crippen MR) is 77.7 cm³/mol. The number of rotatable bonds is 5. The number of benzene rings is 1. The summed E-state index contributed by atoms with van der Waals surface area (Å²) in [6.45, 7) is 3.81. The van der Waals surface area contributed by atoms with E-state index >= 15 is 0 Å². The first-order chi connectivity index (χ1) is 9.70. The van der Waals surface area contributed by atoms with Gasteiger partial charge in [-0.1, -0.05) is 18.2 Å². The second-order valence-electron chi connectivity index (χ2n) is 5.41. The molecule has 0 radical (unpaired) electrons. The van der Waals surface area contributed by atoms with E-state index in [1.165, 1.54) is 0 Å². The number of hydrogen-bond acceptors (Lipinski definition) is 3. The number of hydrogen-bond donors (Lipinski definition) is 1. The molecule has 1 aliphatic heterocycles. The summed E-state index contributed by atoms with van der Waals surface area (Å²) in [5.41, 5.74) is 1.04. The first kappa shape index (κ1) is 14.9. The molecule has 20 heavy (non-hydrogen) atoms. The summed E-state index contributed by atoms with van der Waals surface area (Å²) in [5.74, 6) is 1.23. The van der Waals surface area contributed by atoms with Crippen LogP contribution in [0.25, 0.3) is 0 Å². The Labute approximate surface area is 120 Å². The van der Waals surface area contributed by atoms with Crippen molar-refractivity contribution in [2.24, 2.45) is 5.92 Å². The van der Waals surface area contributed by atoms with Gasteiger partial charge in [-0.2, -0.15) is 0 Å². The van der Waals surface area contributed by atoms with Crippen LogP contribution in [0.1, 0.15) is 24.8 Å². The summed E-state index contributed by atoms with van der Waals surface area (Å²) in [7, 11) is 0. The molecule has 1 aromatic carbocycles. The number of aliphatic hydroxyl groups excluding tert-OH is 1. The molecule has 1 fully saturated rings. The molecule has 0 bridgehead atoms. The SMILES string of the molecule is Cc1ccccc1OCC(=O)N1CCCC(CCO)C1. The van der Waals surface area contributed by atoms with Crippen molar-refractivity contribution in [3.05, 3.63) is 29.8 Å². The zero-order valence-electron chi connectivity index (χ0n) is 12.0. The van der Waals surface area contributed by atoms with Gasteiger partial charge in [0.2, 0.25) is 0 Å². The highest BCUT2D eigenvalue weighted by atomic mass is 16.5. The van der Waals surface area contributed by atoms with Crippen molar-refractivity contribution in [2.45, 2.75) is 26.2 Å². The van der Waals surface area contributed by atoms with Crippen LogP contribution in [-0.4, -0.2) is 42.2 Å². The molecule has 1 N–H and O–H groups in total. The maximum atomic E-state index is 12.2. The smallest absolute Gasteiger partial charge is 0.260 e. The van der Waals surface area contributed by atoms with Crippen LogP contribution in [0.3, 0.4) is 0 Å². The number of aliphatic hydroxyl groups is 1. The zero-order valence-corrected chi connectivity index (χ0v) is 12.0. The second kappa shape index (κ2) is 7.29. The number of nitrogens with zero attached hydrogens (tertiary/aromatic N) is 1. The third-order valence-corrected chi connectivity index (χ3v) is 3.85. The number of para-hydroxylation sites is 1. The Bertz CT molecular complexity index is 445. The van der Waals surface area contributed by atoms with Gasteiger partial charge in [0.05, 0.1) is 0 Å². The molecule has 1 unspecified atom stereocenters. The van der Waals surface area contributed by atoms with E-state index in [4.69, 9.17) is 9.84 Å². The van der Waals surface area contributed by atoms with E-state index in [1.54, 1.807) is 0 Å². The normalized spacial score (nSPS) is 18.9. The molecule has 2 rings (SSSR count). The highest BCUT2D eigenvalue weighted by Gasteiger charge is 2.23. The molecule has 1 aliphatic rings. The van der Waals surface area contributed by atoms with E-state index in [9.17, 15) is 4.79 Å². The van der Waals surface area contributed by atoms with Gasteiger partial charge in [0, 0.05) is 19.7 Å². The fraction of sp³-hybridized carbons (Fsp3) is 0.562. The molecule has 1 saturated heterocycles. The number of ether oxygens (including phenoxy) is 1. The van der Waals surface area contributed by atoms with Gasteiger partial charge in [-0.25, -0.2) is 0 Å². The number of amides is 1. The van der Waals surface area contributed by atoms with E-state index < -0.39 is 0 Å². The zero-order chi connectivity index (χ0) is 14.4. The van der Waals surface area contributed by atoms with E-state index in [-0.39, 0.29) is 19.1 Å². The Hall–Kier alpha value is -1.55. The van der Waals surface area contributed by atoms with Crippen molar-refractivity contribution < 1.29 is 14.6 Å². The van der Waals surface area contributed by atoms with Crippen LogP contribution in [0.15, 0.2) is 24.3 Å². The van der Waals surface area contributed by atoms with Crippen LogP contribution >= 0.6 is 0 Å². The maximum Gasteiger partial charge on any atom is 0.260 e. The first-order valence-corrected chi connectivity index (χ1v) is 7.27. The number of piperidine rings is 1. The van der Waals surface area contributed by atoms with Crippen LogP contribution in [0, 0.1) is 12.8 Å². The summed E-state index contributed by atoms with van der Waals surface area (Å²) in [4.78, 5) is 14.0. The molecule has 1 amide bonds. The van der Waals surface area contributed by atoms with Crippen LogP contribution < -0.4 is 4.74 Å². The molecular weight excluding hydrogens is 254 g/mol. The van der Waals surface area contributed by atoms with E-state index in [2.05, 4.69) is 0 Å². The molecule has 0 aromatic heterocycles. The lowest BCUT2D eigenvalue weighted by molar-refractivity contribution is -0.135. The van der Waals surface area contributed by atoms with Crippen molar-refractivity contribution in [2.75, 3.05) is 26.3 Å². The Morgan fingerprint density at radius 2 is 2.25 bits per heavy atom. The largest absolute Gasteiger partial charge is 0.484 e. The van der Waals surface area contributed by atoms with Crippen LogP contribution in [0.4, 0.5) is 0 Å². The van der Waals surface area contributed by atoms with E-state index in [0.717, 1.165) is 43.7 Å². The third-order valence-electron chi connectivity index (χ3n) is 3.85. The van der Waals surface area contributed by atoms with Crippen LogP contribution in [-0.2, 0) is 4.79 Å². The molecule has 0 saturated carbocycles. The van der Waals surface area contributed by atoms with Gasteiger partial charge in [0.15, 0.2) is 6.61 Å². The first-order valence-electron chi connectivity index (χ1n) is 7.27.